The topological polar surface area (TPSA) is 70.4 Å². The summed E-state index contributed by atoms with van der Waals surface area (Å²) in [6.07, 6.45) is 8.61. The quantitative estimate of drug-likeness (QED) is 0.780. The third kappa shape index (κ3) is 4.57. The van der Waals surface area contributed by atoms with Gasteiger partial charge in [-0.15, -0.1) is 0 Å². The van der Waals surface area contributed by atoms with E-state index in [-0.39, 0.29) is 5.91 Å². The molecule has 2 aliphatic rings. The monoisotopic (exact) mass is 334 g/mol. The van der Waals surface area contributed by atoms with E-state index in [1.807, 2.05) is 0 Å². The van der Waals surface area contributed by atoms with Crippen molar-refractivity contribution in [3.05, 3.63) is 17.8 Å². The average molecular weight is 334 g/mol. The van der Waals surface area contributed by atoms with E-state index in [4.69, 9.17) is 4.42 Å². The summed E-state index contributed by atoms with van der Waals surface area (Å²) in [5, 5.41) is 6.31. The van der Waals surface area contributed by atoms with Gasteiger partial charge in [0.1, 0.15) is 6.26 Å². The van der Waals surface area contributed by atoms with Crippen molar-refractivity contribution >= 4 is 5.91 Å². The van der Waals surface area contributed by atoms with Crippen LogP contribution >= 0.6 is 0 Å². The van der Waals surface area contributed by atoms with Crippen LogP contribution in [0.3, 0.4) is 0 Å². The number of carbonyl (C=O) groups is 1. The molecule has 3 heterocycles. The number of nitrogens with zero attached hydrogens (tertiary/aromatic N) is 2. The van der Waals surface area contributed by atoms with Gasteiger partial charge in [-0.1, -0.05) is 6.42 Å². The largest absolute Gasteiger partial charge is 0.448 e. The normalized spacial score (nSPS) is 25.5. The first-order valence-electron chi connectivity index (χ1n) is 9.42. The number of amides is 1. The Labute approximate surface area is 144 Å². The Hall–Kier alpha value is -1.40. The second kappa shape index (κ2) is 8.62. The minimum Gasteiger partial charge on any atom is -0.448 e. The van der Waals surface area contributed by atoms with E-state index in [0.29, 0.717) is 30.1 Å². The third-order valence-corrected chi connectivity index (χ3v) is 5.25. The van der Waals surface area contributed by atoms with Crippen LogP contribution in [0, 0.1) is 0 Å². The van der Waals surface area contributed by atoms with E-state index >= 15 is 0 Å². The number of oxazole rings is 1. The molecule has 6 heteroatoms. The van der Waals surface area contributed by atoms with E-state index in [9.17, 15) is 4.79 Å². The van der Waals surface area contributed by atoms with Crippen molar-refractivity contribution in [3.63, 3.8) is 0 Å². The Kier molecular flexibility index (Phi) is 6.26. The van der Waals surface area contributed by atoms with Crippen LogP contribution in [0.5, 0.6) is 0 Å². The molecule has 2 N–H and O–H groups in total. The van der Waals surface area contributed by atoms with Gasteiger partial charge in [0.05, 0.1) is 0 Å². The lowest BCUT2D eigenvalue weighted by molar-refractivity contribution is 0.0944. The molecule has 2 atom stereocenters. The van der Waals surface area contributed by atoms with Crippen LogP contribution in [0.4, 0.5) is 0 Å². The summed E-state index contributed by atoms with van der Waals surface area (Å²) in [6, 6.07) is 0.677. The van der Waals surface area contributed by atoms with Crippen LogP contribution in [-0.4, -0.2) is 54.6 Å². The van der Waals surface area contributed by atoms with Crippen LogP contribution in [0.1, 0.15) is 67.7 Å². The summed E-state index contributed by atoms with van der Waals surface area (Å²) in [4.78, 5) is 19.1. The molecule has 0 aliphatic carbocycles. The number of likely N-dealkylation sites (tertiary alicyclic amines) is 1. The van der Waals surface area contributed by atoms with Gasteiger partial charge in [0.25, 0.3) is 5.91 Å². The highest BCUT2D eigenvalue weighted by Gasteiger charge is 2.22. The lowest BCUT2D eigenvalue weighted by Crippen LogP contribution is -2.39. The predicted octanol–water partition coefficient (Wildman–Crippen LogP) is 2.14. The number of aromatic nitrogens is 1. The first-order chi connectivity index (χ1) is 11.7. The zero-order valence-electron chi connectivity index (χ0n) is 14.7. The number of piperidine rings is 2. The molecule has 0 spiro atoms. The second-order valence-corrected chi connectivity index (χ2v) is 7.10. The van der Waals surface area contributed by atoms with Gasteiger partial charge in [0.2, 0.25) is 0 Å². The molecular weight excluding hydrogens is 304 g/mol. The average Bonchev–Trinajstić information content (AvgIpc) is 3.11. The predicted molar refractivity (Wildman–Crippen MR) is 93.2 cm³/mol. The lowest BCUT2D eigenvalue weighted by Gasteiger charge is -2.33. The number of hydrogen-bond donors (Lipinski definition) is 2. The molecular formula is C18H30N4O2. The first kappa shape index (κ1) is 17.4. The Morgan fingerprint density at radius 2 is 2.33 bits per heavy atom. The number of hydrogen-bond acceptors (Lipinski definition) is 5. The molecule has 0 radical (unpaired) electrons. The first-order valence-corrected chi connectivity index (χ1v) is 9.42. The number of carbonyl (C=O) groups excluding carboxylic acids is 1. The van der Waals surface area contributed by atoms with Crippen molar-refractivity contribution < 1.29 is 9.21 Å². The van der Waals surface area contributed by atoms with Crippen molar-refractivity contribution in [1.29, 1.82) is 0 Å². The van der Waals surface area contributed by atoms with Gasteiger partial charge in [-0.2, -0.15) is 0 Å². The summed E-state index contributed by atoms with van der Waals surface area (Å²) in [7, 11) is 0. The van der Waals surface area contributed by atoms with E-state index in [1.165, 1.54) is 32.1 Å². The molecule has 1 aromatic heterocycles. The van der Waals surface area contributed by atoms with Crippen molar-refractivity contribution in [3.8, 4) is 0 Å². The van der Waals surface area contributed by atoms with Crippen molar-refractivity contribution in [1.82, 2.24) is 20.5 Å². The Balaban J connectivity index is 1.39. The Bertz CT molecular complexity index is 525. The van der Waals surface area contributed by atoms with Gasteiger partial charge in [0, 0.05) is 31.6 Å². The van der Waals surface area contributed by atoms with E-state index in [1.54, 1.807) is 0 Å². The fourth-order valence-electron chi connectivity index (χ4n) is 3.71. The van der Waals surface area contributed by atoms with Gasteiger partial charge in [-0.05, 0) is 52.1 Å². The molecule has 0 aromatic carbocycles. The zero-order valence-corrected chi connectivity index (χ0v) is 14.7. The van der Waals surface area contributed by atoms with E-state index in [0.717, 1.165) is 38.9 Å². The molecule has 2 fully saturated rings. The zero-order chi connectivity index (χ0) is 16.8. The Morgan fingerprint density at radius 1 is 1.42 bits per heavy atom. The molecule has 1 amide bonds. The van der Waals surface area contributed by atoms with Gasteiger partial charge in [0.15, 0.2) is 11.6 Å². The smallest absolute Gasteiger partial charge is 0.273 e. The fourth-order valence-corrected chi connectivity index (χ4v) is 3.71. The third-order valence-electron chi connectivity index (χ3n) is 5.25. The molecule has 134 valence electrons. The second-order valence-electron chi connectivity index (χ2n) is 7.10. The Morgan fingerprint density at radius 3 is 3.12 bits per heavy atom. The highest BCUT2D eigenvalue weighted by atomic mass is 16.3. The highest BCUT2D eigenvalue weighted by molar-refractivity contribution is 5.91. The van der Waals surface area contributed by atoms with Crippen molar-refractivity contribution in [2.45, 2.75) is 57.4 Å². The summed E-state index contributed by atoms with van der Waals surface area (Å²) in [5.74, 6) is 0.857. The number of rotatable bonds is 6. The fraction of sp³-hybridized carbons (Fsp3) is 0.778. The van der Waals surface area contributed by atoms with E-state index in [2.05, 4.69) is 27.4 Å². The van der Waals surface area contributed by atoms with Crippen LogP contribution in [0.15, 0.2) is 10.7 Å². The standard InChI is InChI=1S/C18H30N4O2/c1-14-6-2-3-10-22(14)11-5-9-20-17(23)16-13-24-18(21-16)15-7-4-8-19-12-15/h13-15,19H,2-12H2,1H3,(H,20,23). The molecule has 3 rings (SSSR count). The van der Waals surface area contributed by atoms with Crippen LogP contribution in [-0.2, 0) is 0 Å². The SMILES string of the molecule is CC1CCCCN1CCCNC(=O)c1coc(C2CCCNC2)n1. The van der Waals surface area contributed by atoms with Crippen molar-refractivity contribution in [2.24, 2.45) is 0 Å². The van der Waals surface area contributed by atoms with E-state index < -0.39 is 0 Å². The summed E-state index contributed by atoms with van der Waals surface area (Å²) in [5.41, 5.74) is 0.405. The molecule has 2 saturated heterocycles. The van der Waals surface area contributed by atoms with Crippen LogP contribution in [0.25, 0.3) is 0 Å². The molecule has 0 bridgehead atoms. The molecule has 2 unspecified atom stereocenters. The minimum absolute atomic E-state index is 0.125. The summed E-state index contributed by atoms with van der Waals surface area (Å²) < 4.78 is 5.52. The van der Waals surface area contributed by atoms with Gasteiger partial charge in [-0.25, -0.2) is 4.98 Å². The molecule has 24 heavy (non-hydrogen) atoms. The lowest BCUT2D eigenvalue weighted by atomic mass is 10.00. The molecule has 2 aliphatic heterocycles. The molecule has 0 saturated carbocycles. The van der Waals surface area contributed by atoms with Crippen molar-refractivity contribution in [2.75, 3.05) is 32.7 Å². The molecule has 1 aromatic rings. The van der Waals surface area contributed by atoms with Crippen LogP contribution in [0.2, 0.25) is 0 Å². The summed E-state index contributed by atoms with van der Waals surface area (Å²) >= 11 is 0. The number of nitrogens with one attached hydrogen (secondary N) is 2. The maximum atomic E-state index is 12.2. The molecule has 6 nitrogen and oxygen atoms in total. The van der Waals surface area contributed by atoms with Gasteiger partial charge in [-0.3, -0.25) is 4.79 Å². The van der Waals surface area contributed by atoms with Gasteiger partial charge >= 0.3 is 0 Å². The minimum atomic E-state index is -0.125. The van der Waals surface area contributed by atoms with Crippen LogP contribution < -0.4 is 10.6 Å². The maximum absolute atomic E-state index is 12.2. The maximum Gasteiger partial charge on any atom is 0.273 e. The highest BCUT2D eigenvalue weighted by Crippen LogP contribution is 2.22. The van der Waals surface area contributed by atoms with Gasteiger partial charge < -0.3 is 20.0 Å². The summed E-state index contributed by atoms with van der Waals surface area (Å²) in [6.45, 7) is 7.18.